The third-order valence-corrected chi connectivity index (χ3v) is 4.96. The number of rotatable bonds is 2. The molecule has 2 saturated heterocycles. The topological polar surface area (TPSA) is 129 Å². The van der Waals surface area contributed by atoms with Crippen LogP contribution in [0.1, 0.15) is 25.5 Å². The van der Waals surface area contributed by atoms with Crippen LogP contribution >= 0.6 is 0 Å². The lowest BCUT2D eigenvalue weighted by atomic mass is 9.83. The number of carbonyl (C=O) groups is 3. The third kappa shape index (κ3) is 9.51. The fourth-order valence-electron chi connectivity index (χ4n) is 3.14. The minimum Gasteiger partial charge on any atom is -0.475 e. The van der Waals surface area contributed by atoms with Gasteiger partial charge in [-0.25, -0.2) is 9.59 Å². The molecular formula is C19H23F6N3O6. The quantitative estimate of drug-likeness (QED) is 0.524. The summed E-state index contributed by atoms with van der Waals surface area (Å²) in [6, 6.07) is 6.12. The van der Waals surface area contributed by atoms with Gasteiger partial charge in [0.1, 0.15) is 6.61 Å². The van der Waals surface area contributed by atoms with Gasteiger partial charge in [-0.2, -0.15) is 26.3 Å². The maximum atomic E-state index is 11.4. The summed E-state index contributed by atoms with van der Waals surface area (Å²) in [4.78, 5) is 35.9. The average Bonchev–Trinajstić information content (AvgIpc) is 2.73. The number of hydrogen-bond acceptors (Lipinski definition) is 6. The van der Waals surface area contributed by atoms with Crippen LogP contribution in [0.15, 0.2) is 24.4 Å². The van der Waals surface area contributed by atoms with E-state index >= 15 is 0 Å². The van der Waals surface area contributed by atoms with Gasteiger partial charge in [0, 0.05) is 25.8 Å². The van der Waals surface area contributed by atoms with E-state index in [9.17, 15) is 31.1 Å². The highest BCUT2D eigenvalue weighted by Crippen LogP contribution is 2.32. The number of amides is 1. The van der Waals surface area contributed by atoms with Gasteiger partial charge in [0.25, 0.3) is 0 Å². The first kappa shape index (κ1) is 29.1. The van der Waals surface area contributed by atoms with Crippen molar-refractivity contribution >= 4 is 17.8 Å². The maximum Gasteiger partial charge on any atom is 0.490 e. The Labute approximate surface area is 189 Å². The van der Waals surface area contributed by atoms with Crippen LogP contribution in [0.5, 0.6) is 0 Å². The van der Waals surface area contributed by atoms with Crippen LogP contribution in [0.3, 0.4) is 0 Å². The van der Waals surface area contributed by atoms with E-state index in [0.717, 1.165) is 38.2 Å². The minimum absolute atomic E-state index is 0.000889. The highest BCUT2D eigenvalue weighted by atomic mass is 19.4. The average molecular weight is 503 g/mol. The molecule has 0 bridgehead atoms. The van der Waals surface area contributed by atoms with Crippen molar-refractivity contribution in [3.8, 4) is 0 Å². The number of pyridine rings is 1. The summed E-state index contributed by atoms with van der Waals surface area (Å²) < 4.78 is 69.3. The van der Waals surface area contributed by atoms with Crippen molar-refractivity contribution < 1.29 is 55.7 Å². The van der Waals surface area contributed by atoms with Crippen LogP contribution in [0, 0.1) is 0 Å². The van der Waals surface area contributed by atoms with Crippen molar-refractivity contribution in [2.75, 3.05) is 19.7 Å². The number of carboxylic acid groups (broad SMARTS) is 2. The van der Waals surface area contributed by atoms with E-state index in [1.165, 1.54) is 0 Å². The lowest BCUT2D eigenvalue weighted by molar-refractivity contribution is -0.193. The number of aliphatic carboxylic acids is 2. The number of carboxylic acids is 2. The summed E-state index contributed by atoms with van der Waals surface area (Å²) in [7, 11) is 0. The normalized spacial score (nSPS) is 20.2. The van der Waals surface area contributed by atoms with Gasteiger partial charge >= 0.3 is 24.3 Å². The van der Waals surface area contributed by atoms with Crippen molar-refractivity contribution in [2.24, 2.45) is 0 Å². The number of halogens is 6. The van der Waals surface area contributed by atoms with Gasteiger partial charge in [-0.05, 0) is 31.9 Å². The number of alkyl halides is 6. The highest BCUT2D eigenvalue weighted by molar-refractivity contribution is 5.78. The number of carbonyl (C=O) groups excluding carboxylic acids is 1. The lowest BCUT2D eigenvalue weighted by Crippen LogP contribution is -2.62. The van der Waals surface area contributed by atoms with E-state index in [0.29, 0.717) is 0 Å². The second kappa shape index (κ2) is 12.0. The Morgan fingerprint density at radius 3 is 2.00 bits per heavy atom. The number of morpholine rings is 1. The van der Waals surface area contributed by atoms with Crippen LogP contribution < -0.4 is 5.32 Å². The van der Waals surface area contributed by atoms with E-state index in [1.807, 2.05) is 25.3 Å². The van der Waals surface area contributed by atoms with Gasteiger partial charge in [0.15, 0.2) is 0 Å². The molecule has 0 radical (unpaired) electrons. The Bertz CT molecular complexity index is 802. The molecule has 192 valence electrons. The monoisotopic (exact) mass is 503 g/mol. The second-order valence-electron chi connectivity index (χ2n) is 7.35. The molecule has 3 N–H and O–H groups in total. The van der Waals surface area contributed by atoms with Crippen LogP contribution in [-0.4, -0.2) is 81.6 Å². The Hall–Kier alpha value is -2.94. The number of aromatic nitrogens is 1. The molecule has 0 aliphatic carbocycles. The first-order valence-corrected chi connectivity index (χ1v) is 9.72. The maximum absolute atomic E-state index is 11.4. The summed E-state index contributed by atoms with van der Waals surface area (Å²) in [6.07, 6.45) is -6.41. The summed E-state index contributed by atoms with van der Waals surface area (Å²) in [5.74, 6) is -5.51. The van der Waals surface area contributed by atoms with Crippen LogP contribution in [0.2, 0.25) is 0 Å². The number of piperidine rings is 1. The highest BCUT2D eigenvalue weighted by Gasteiger charge is 2.44. The predicted octanol–water partition coefficient (Wildman–Crippen LogP) is 2.22. The van der Waals surface area contributed by atoms with Crippen molar-refractivity contribution in [2.45, 2.75) is 50.3 Å². The van der Waals surface area contributed by atoms with Gasteiger partial charge in [-0.3, -0.25) is 14.7 Å². The van der Waals surface area contributed by atoms with Gasteiger partial charge in [-0.1, -0.05) is 6.07 Å². The molecule has 2 fully saturated rings. The molecular weight excluding hydrogens is 480 g/mol. The van der Waals surface area contributed by atoms with Gasteiger partial charge in [-0.15, -0.1) is 0 Å². The summed E-state index contributed by atoms with van der Waals surface area (Å²) in [5.41, 5.74) is 0.934. The molecule has 3 rings (SSSR count). The zero-order valence-electron chi connectivity index (χ0n) is 17.8. The zero-order chi connectivity index (χ0) is 26.2. The molecule has 1 aromatic heterocycles. The Balaban J connectivity index is 0.000000343. The summed E-state index contributed by atoms with van der Waals surface area (Å²) in [5, 5.41) is 17.3. The third-order valence-electron chi connectivity index (χ3n) is 4.96. The number of ether oxygens (including phenoxy) is 1. The number of likely N-dealkylation sites (tertiary alicyclic amines) is 1. The van der Waals surface area contributed by atoms with E-state index in [2.05, 4.69) is 21.3 Å². The number of nitrogens with zero attached hydrogens (tertiary/aromatic N) is 2. The first-order valence-electron chi connectivity index (χ1n) is 9.72. The molecule has 2 aliphatic heterocycles. The van der Waals surface area contributed by atoms with Gasteiger partial charge < -0.3 is 20.3 Å². The second-order valence-corrected chi connectivity index (χ2v) is 7.35. The van der Waals surface area contributed by atoms with Crippen LogP contribution in [0.4, 0.5) is 26.3 Å². The molecule has 1 unspecified atom stereocenters. The minimum atomic E-state index is -5.08. The standard InChI is InChI=1S/C15H21N3O2.2C2HF3O2/c1-12-15(20-11-14(19)17-12)5-8-18(9-6-15)10-13-4-2-3-7-16-13;2*3-2(4,5)1(6)7/h2-4,7,12H,5-6,8-11H2,1H3,(H,17,19);2*(H,6,7). The van der Waals surface area contributed by atoms with Gasteiger partial charge in [0.2, 0.25) is 5.91 Å². The van der Waals surface area contributed by atoms with E-state index in [4.69, 9.17) is 24.5 Å². The largest absolute Gasteiger partial charge is 0.490 e. The fraction of sp³-hybridized carbons (Fsp3) is 0.579. The molecule has 1 spiro atoms. The molecule has 1 amide bonds. The lowest BCUT2D eigenvalue weighted by Gasteiger charge is -2.47. The Kier molecular flexibility index (Phi) is 10.2. The first-order chi connectivity index (χ1) is 15.6. The van der Waals surface area contributed by atoms with E-state index in [1.54, 1.807) is 0 Å². The molecule has 34 heavy (non-hydrogen) atoms. The molecule has 1 aromatic rings. The zero-order valence-corrected chi connectivity index (χ0v) is 17.8. The molecule has 3 heterocycles. The van der Waals surface area contributed by atoms with Crippen molar-refractivity contribution in [3.63, 3.8) is 0 Å². The predicted molar refractivity (Wildman–Crippen MR) is 102 cm³/mol. The van der Waals surface area contributed by atoms with Crippen LogP contribution in [-0.2, 0) is 25.7 Å². The molecule has 9 nitrogen and oxygen atoms in total. The molecule has 2 aliphatic rings. The Morgan fingerprint density at radius 2 is 1.62 bits per heavy atom. The van der Waals surface area contributed by atoms with Crippen LogP contribution in [0.25, 0.3) is 0 Å². The molecule has 15 heteroatoms. The Morgan fingerprint density at radius 1 is 1.12 bits per heavy atom. The van der Waals surface area contributed by atoms with Crippen molar-refractivity contribution in [3.05, 3.63) is 30.1 Å². The van der Waals surface area contributed by atoms with Crippen molar-refractivity contribution in [1.29, 1.82) is 0 Å². The number of hydrogen-bond donors (Lipinski definition) is 3. The summed E-state index contributed by atoms with van der Waals surface area (Å²) >= 11 is 0. The van der Waals surface area contributed by atoms with E-state index in [-0.39, 0.29) is 24.2 Å². The molecule has 0 saturated carbocycles. The fourth-order valence-corrected chi connectivity index (χ4v) is 3.14. The number of nitrogens with one attached hydrogen (secondary N) is 1. The molecule has 0 aromatic carbocycles. The van der Waals surface area contributed by atoms with Gasteiger partial charge in [0.05, 0.1) is 17.3 Å². The SMILES string of the molecule is CC1NC(=O)COC12CCN(Cc1ccccn1)CC2.O=C(O)C(F)(F)F.O=C(O)C(F)(F)F. The summed E-state index contributed by atoms with van der Waals surface area (Å²) in [6.45, 7) is 5.10. The van der Waals surface area contributed by atoms with Crippen molar-refractivity contribution in [1.82, 2.24) is 15.2 Å². The molecule has 1 atom stereocenters. The smallest absolute Gasteiger partial charge is 0.475 e. The van der Waals surface area contributed by atoms with E-state index < -0.39 is 24.3 Å².